The van der Waals surface area contributed by atoms with E-state index in [1.807, 2.05) is 0 Å². The molecule has 0 aliphatic carbocycles. The van der Waals surface area contributed by atoms with E-state index in [9.17, 15) is 36.6 Å². The van der Waals surface area contributed by atoms with E-state index in [2.05, 4.69) is 8.37 Å². The number of aldehydes is 1. The van der Waals surface area contributed by atoms with E-state index in [0.29, 0.717) is 0 Å². The summed E-state index contributed by atoms with van der Waals surface area (Å²) >= 11 is 0. The van der Waals surface area contributed by atoms with Crippen LogP contribution in [-0.2, 0) is 38.8 Å². The molecule has 19 heteroatoms. The lowest BCUT2D eigenvalue weighted by molar-refractivity contribution is -0.140. The summed E-state index contributed by atoms with van der Waals surface area (Å²) in [5.74, 6) is -1.28. The summed E-state index contributed by atoms with van der Waals surface area (Å²) < 4.78 is 65.3. The zero-order valence-electron chi connectivity index (χ0n) is 15.6. The molecule has 0 unspecified atom stereocenters. The minimum absolute atomic E-state index is 0.0337. The van der Waals surface area contributed by atoms with Crippen molar-refractivity contribution >= 4 is 32.9 Å². The number of hydrogen-bond acceptors (Lipinski definition) is 15. The van der Waals surface area contributed by atoms with E-state index in [4.69, 9.17) is 34.6 Å². The average Bonchev–Trinajstić information content (AvgIpc) is 2.66. The highest BCUT2D eigenvalue weighted by atomic mass is 32.3. The molecule has 0 radical (unpaired) electrons. The second-order valence-electron chi connectivity index (χ2n) is 5.65. The molecule has 0 aliphatic rings. The van der Waals surface area contributed by atoms with Gasteiger partial charge in [-0.05, 0) is 6.92 Å². The first-order valence-corrected chi connectivity index (χ1v) is 10.6. The number of rotatable bonds is 13. The van der Waals surface area contributed by atoms with Crippen molar-refractivity contribution in [3.63, 3.8) is 0 Å². The molecule has 0 saturated heterocycles. The fraction of sp³-hybridized carbons (Fsp3) is 0.833. The number of aliphatic hydroxyl groups is 7. The molecule has 0 aliphatic heterocycles. The topological polar surface area (TPSA) is 303 Å². The Hall–Kier alpha value is -1.20. The van der Waals surface area contributed by atoms with Crippen LogP contribution in [0.5, 0.6) is 0 Å². The van der Waals surface area contributed by atoms with Crippen LogP contribution in [0.25, 0.3) is 0 Å². The van der Waals surface area contributed by atoms with Gasteiger partial charge in [0.25, 0.3) is 0 Å². The summed E-state index contributed by atoms with van der Waals surface area (Å²) in [6, 6.07) is 0. The Bertz CT molecular complexity index is 749. The number of carbonyl (C=O) groups is 2. The summed E-state index contributed by atoms with van der Waals surface area (Å²) in [4.78, 5) is 21.0. The zero-order valence-corrected chi connectivity index (χ0v) is 17.3. The third-order valence-electron chi connectivity index (χ3n) is 3.18. The molecule has 0 rings (SSSR count). The highest BCUT2D eigenvalue weighted by Gasteiger charge is 2.35. The lowest BCUT2D eigenvalue weighted by Gasteiger charge is -2.23. The van der Waals surface area contributed by atoms with Crippen LogP contribution >= 0.6 is 0 Å². The van der Waals surface area contributed by atoms with Crippen LogP contribution in [0.4, 0.5) is 0 Å². The second-order valence-corrected chi connectivity index (χ2v) is 7.74. The van der Waals surface area contributed by atoms with Crippen molar-refractivity contribution in [2.45, 2.75) is 49.7 Å². The van der Waals surface area contributed by atoms with Crippen molar-refractivity contribution in [2.24, 2.45) is 0 Å². The highest BCUT2D eigenvalue weighted by molar-refractivity contribution is 7.81. The lowest BCUT2D eigenvalue weighted by atomic mass is 10.1. The highest BCUT2D eigenvalue weighted by Crippen LogP contribution is 2.10. The first-order valence-electron chi connectivity index (χ1n) is 7.83. The van der Waals surface area contributed by atoms with Crippen LogP contribution < -0.4 is 0 Å². The Kier molecular flexibility index (Phi) is 14.5. The summed E-state index contributed by atoms with van der Waals surface area (Å²) in [6.07, 6.45) is -13.3. The molecule has 0 saturated carbocycles. The molecule has 0 amide bonds. The second kappa shape index (κ2) is 14.1. The SMILES string of the molecule is C[C@@H](OS(=O)(=O)O)[C@H](O)[C@H](O)[C@@H](O)C=O.O=C(CO)[C@@H](OS(=O)(=O)O)[C@H](O)[C@H](O)CO. The molecular weight excluding hydrogens is 480 g/mol. The Balaban J connectivity index is 0. The first-order chi connectivity index (χ1) is 13.9. The Labute approximate surface area is 176 Å². The van der Waals surface area contributed by atoms with Crippen LogP contribution in [0.2, 0.25) is 0 Å². The predicted octanol–water partition coefficient (Wildman–Crippen LogP) is -6.07. The summed E-state index contributed by atoms with van der Waals surface area (Å²) in [6.45, 7) is -1.11. The molecule has 0 heterocycles. The van der Waals surface area contributed by atoms with Gasteiger partial charge in [0.1, 0.15) is 43.2 Å². The van der Waals surface area contributed by atoms with E-state index in [0.717, 1.165) is 6.92 Å². The first kappa shape index (κ1) is 32.0. The fourth-order valence-corrected chi connectivity index (χ4v) is 2.62. The van der Waals surface area contributed by atoms with Gasteiger partial charge in [0, 0.05) is 0 Å². The fourth-order valence-electron chi connectivity index (χ4n) is 1.64. The van der Waals surface area contributed by atoms with Crippen LogP contribution in [0, 0.1) is 0 Å². The quantitative estimate of drug-likeness (QED) is 0.0832. The van der Waals surface area contributed by atoms with E-state index in [1.54, 1.807) is 0 Å². The maximum atomic E-state index is 10.9. The molecular formula is C12H24O17S2. The summed E-state index contributed by atoms with van der Waals surface area (Å²) in [7, 11) is -9.83. The van der Waals surface area contributed by atoms with Gasteiger partial charge >= 0.3 is 20.8 Å². The molecule has 9 N–H and O–H groups in total. The molecule has 186 valence electrons. The molecule has 0 aromatic rings. The van der Waals surface area contributed by atoms with E-state index >= 15 is 0 Å². The number of Topliss-reactive ketones (excluding diaryl/α,β-unsaturated/α-hetero) is 1. The van der Waals surface area contributed by atoms with Gasteiger partial charge in [0.15, 0.2) is 18.2 Å². The van der Waals surface area contributed by atoms with Gasteiger partial charge in [0.2, 0.25) is 0 Å². The van der Waals surface area contributed by atoms with Crippen molar-refractivity contribution in [2.75, 3.05) is 13.2 Å². The van der Waals surface area contributed by atoms with Gasteiger partial charge in [-0.25, -0.2) is 8.37 Å². The van der Waals surface area contributed by atoms with E-state index in [1.165, 1.54) is 0 Å². The lowest BCUT2D eigenvalue weighted by Crippen LogP contribution is -2.47. The molecule has 0 bridgehead atoms. The molecule has 31 heavy (non-hydrogen) atoms. The van der Waals surface area contributed by atoms with E-state index in [-0.39, 0.29) is 6.29 Å². The van der Waals surface area contributed by atoms with Crippen molar-refractivity contribution in [3.8, 4) is 0 Å². The number of ketones is 1. The number of carbonyl (C=O) groups excluding carboxylic acids is 2. The minimum atomic E-state index is -5.05. The Morgan fingerprint density at radius 3 is 1.65 bits per heavy atom. The third kappa shape index (κ3) is 13.7. The number of aliphatic hydroxyl groups excluding tert-OH is 7. The summed E-state index contributed by atoms with van der Waals surface area (Å²) in [5.41, 5.74) is 0. The van der Waals surface area contributed by atoms with Gasteiger partial charge in [-0.15, -0.1) is 0 Å². The van der Waals surface area contributed by atoms with Crippen LogP contribution in [-0.4, -0.2) is 130 Å². The zero-order chi connectivity index (χ0) is 25.2. The molecule has 0 aromatic heterocycles. The van der Waals surface area contributed by atoms with Crippen molar-refractivity contribution < 1.29 is 79.6 Å². The third-order valence-corrected chi connectivity index (χ3v) is 4.18. The average molecular weight is 504 g/mol. The normalized spacial score (nSPS) is 19.0. The molecule has 0 fully saturated rings. The van der Waals surface area contributed by atoms with Crippen molar-refractivity contribution in [3.05, 3.63) is 0 Å². The van der Waals surface area contributed by atoms with Crippen LogP contribution in [0.3, 0.4) is 0 Å². The minimum Gasteiger partial charge on any atom is -0.394 e. The Morgan fingerprint density at radius 2 is 1.32 bits per heavy atom. The van der Waals surface area contributed by atoms with E-state index < -0.39 is 82.5 Å². The van der Waals surface area contributed by atoms with Crippen LogP contribution in [0.1, 0.15) is 6.92 Å². The maximum Gasteiger partial charge on any atom is 0.398 e. The van der Waals surface area contributed by atoms with Crippen molar-refractivity contribution in [1.82, 2.24) is 0 Å². The maximum absolute atomic E-state index is 10.9. The largest absolute Gasteiger partial charge is 0.398 e. The van der Waals surface area contributed by atoms with Gasteiger partial charge in [-0.1, -0.05) is 0 Å². The smallest absolute Gasteiger partial charge is 0.394 e. The Morgan fingerprint density at radius 1 is 0.871 bits per heavy atom. The monoisotopic (exact) mass is 504 g/mol. The molecule has 0 aromatic carbocycles. The van der Waals surface area contributed by atoms with Crippen molar-refractivity contribution in [1.29, 1.82) is 0 Å². The predicted molar refractivity (Wildman–Crippen MR) is 93.8 cm³/mol. The number of hydrogen-bond donors (Lipinski definition) is 9. The van der Waals surface area contributed by atoms with Crippen LogP contribution in [0.15, 0.2) is 0 Å². The summed E-state index contributed by atoms with van der Waals surface area (Å²) in [5, 5.41) is 62.1. The molecule has 7 atom stereocenters. The van der Waals surface area contributed by atoms with Gasteiger partial charge in [-0.2, -0.15) is 16.8 Å². The van der Waals surface area contributed by atoms with Gasteiger partial charge in [-0.3, -0.25) is 13.9 Å². The molecule has 17 nitrogen and oxygen atoms in total. The van der Waals surface area contributed by atoms with Gasteiger partial charge in [0.05, 0.1) is 6.61 Å². The van der Waals surface area contributed by atoms with Gasteiger partial charge < -0.3 is 40.5 Å². The standard InChI is InChI=1S/C6H12O9S.C6H12O8S/c7-1-3(9)5(11)6(4(10)2-8)15-16(12,13)14;1-3(14-15(11,12)13)5(9)6(10)4(8)2-7/h3,5-9,11H,1-2H2,(H,12,13,14);2-6,8-10H,1H3,(H,11,12,13)/t3-,5-,6-;3-,4+,5+,6-/m11/s1. The molecule has 0 spiro atoms.